The van der Waals surface area contributed by atoms with E-state index in [1.54, 1.807) is 7.11 Å². The lowest BCUT2D eigenvalue weighted by Crippen LogP contribution is -2.19. The fourth-order valence-electron chi connectivity index (χ4n) is 2.98. The van der Waals surface area contributed by atoms with Crippen molar-refractivity contribution in [2.24, 2.45) is 0 Å². The molecule has 2 aromatic carbocycles. The molecule has 1 aliphatic rings. The Morgan fingerprint density at radius 3 is 2.43 bits per heavy atom. The van der Waals surface area contributed by atoms with Crippen molar-refractivity contribution in [2.75, 3.05) is 7.11 Å². The minimum Gasteiger partial charge on any atom is -0.496 e. The predicted octanol–water partition coefficient (Wildman–Crippen LogP) is 4.53. The quantitative estimate of drug-likeness (QED) is 0.880. The highest BCUT2D eigenvalue weighted by Crippen LogP contribution is 2.57. The van der Waals surface area contributed by atoms with Crippen LogP contribution in [0, 0.1) is 6.92 Å². The van der Waals surface area contributed by atoms with Gasteiger partial charge in [-0.3, -0.25) is 0 Å². The summed E-state index contributed by atoms with van der Waals surface area (Å²) in [6.45, 7) is 2.02. The highest BCUT2D eigenvalue weighted by atomic mass is 79.9. The zero-order valence-electron chi connectivity index (χ0n) is 12.3. The summed E-state index contributed by atoms with van der Waals surface area (Å²) in [5, 5.41) is 11.0. The topological polar surface area (TPSA) is 29.5 Å². The molecule has 0 aliphatic heterocycles. The number of hydrogen-bond acceptors (Lipinski definition) is 2. The Bertz CT molecular complexity index is 648. The molecule has 1 atom stereocenters. The van der Waals surface area contributed by atoms with E-state index in [1.807, 2.05) is 37.3 Å². The molecule has 0 spiro atoms. The van der Waals surface area contributed by atoms with Crippen molar-refractivity contribution in [3.8, 4) is 5.75 Å². The molecule has 1 saturated carbocycles. The molecule has 0 radical (unpaired) electrons. The summed E-state index contributed by atoms with van der Waals surface area (Å²) in [5.41, 5.74) is 3.00. The number of hydrogen-bond donors (Lipinski definition) is 1. The molecule has 0 bridgehead atoms. The summed E-state index contributed by atoms with van der Waals surface area (Å²) in [5.74, 6) is 0.755. The van der Waals surface area contributed by atoms with E-state index in [9.17, 15) is 5.11 Å². The van der Waals surface area contributed by atoms with Crippen LogP contribution in [0.5, 0.6) is 5.75 Å². The monoisotopic (exact) mass is 346 g/mol. The molecule has 2 aromatic rings. The molecule has 0 heterocycles. The Hall–Kier alpha value is -1.32. The Balaban J connectivity index is 2.03. The van der Waals surface area contributed by atoms with Crippen LogP contribution >= 0.6 is 15.9 Å². The van der Waals surface area contributed by atoms with E-state index < -0.39 is 6.10 Å². The highest BCUT2D eigenvalue weighted by molar-refractivity contribution is 9.10. The molecule has 1 unspecified atom stereocenters. The van der Waals surface area contributed by atoms with Gasteiger partial charge in [0.25, 0.3) is 0 Å². The van der Waals surface area contributed by atoms with Crippen molar-refractivity contribution in [3.63, 3.8) is 0 Å². The van der Waals surface area contributed by atoms with E-state index in [4.69, 9.17) is 4.74 Å². The van der Waals surface area contributed by atoms with Crippen LogP contribution in [-0.4, -0.2) is 12.2 Å². The average molecular weight is 347 g/mol. The molecular formula is C18H19BrO2. The standard InChI is InChI=1S/C18H19BrO2/c1-12-10-16(21-2)14(11-15(12)19)17(20)18(8-9-18)13-6-4-3-5-7-13/h3-7,10-11,17,20H,8-9H2,1-2H3. The minimum absolute atomic E-state index is 0.163. The summed E-state index contributed by atoms with van der Waals surface area (Å²) >= 11 is 3.55. The second-order valence-corrected chi connectivity index (χ2v) is 6.62. The molecule has 1 fully saturated rings. The van der Waals surface area contributed by atoms with Gasteiger partial charge in [-0.2, -0.15) is 0 Å². The van der Waals surface area contributed by atoms with Crippen LogP contribution in [0.15, 0.2) is 46.9 Å². The van der Waals surface area contributed by atoms with Gasteiger partial charge in [-0.1, -0.05) is 46.3 Å². The molecule has 21 heavy (non-hydrogen) atoms. The summed E-state index contributed by atoms with van der Waals surface area (Å²) in [6.07, 6.45) is 1.46. The Kier molecular flexibility index (Phi) is 3.80. The summed E-state index contributed by atoms with van der Waals surface area (Å²) in [7, 11) is 1.65. The first-order valence-electron chi connectivity index (χ1n) is 7.16. The largest absolute Gasteiger partial charge is 0.496 e. The fourth-order valence-corrected chi connectivity index (χ4v) is 3.34. The van der Waals surface area contributed by atoms with Gasteiger partial charge in [0, 0.05) is 15.5 Å². The van der Waals surface area contributed by atoms with Gasteiger partial charge < -0.3 is 9.84 Å². The zero-order valence-corrected chi connectivity index (χ0v) is 13.9. The molecule has 2 nitrogen and oxygen atoms in total. The van der Waals surface area contributed by atoms with Crippen LogP contribution in [0.4, 0.5) is 0 Å². The molecule has 3 heteroatoms. The van der Waals surface area contributed by atoms with Crippen LogP contribution in [0.3, 0.4) is 0 Å². The minimum atomic E-state index is -0.549. The molecule has 1 N–H and O–H groups in total. The van der Waals surface area contributed by atoms with Gasteiger partial charge in [0.05, 0.1) is 13.2 Å². The third kappa shape index (κ3) is 2.49. The van der Waals surface area contributed by atoms with Crippen molar-refractivity contribution >= 4 is 15.9 Å². The first-order chi connectivity index (χ1) is 10.1. The molecular weight excluding hydrogens is 328 g/mol. The number of halogens is 1. The van der Waals surface area contributed by atoms with E-state index in [0.717, 1.165) is 34.2 Å². The predicted molar refractivity (Wildman–Crippen MR) is 87.7 cm³/mol. The molecule has 110 valence electrons. The van der Waals surface area contributed by atoms with Gasteiger partial charge in [-0.25, -0.2) is 0 Å². The maximum Gasteiger partial charge on any atom is 0.125 e. The van der Waals surface area contributed by atoms with Crippen LogP contribution in [-0.2, 0) is 5.41 Å². The van der Waals surface area contributed by atoms with Gasteiger partial charge in [-0.05, 0) is 43.0 Å². The van der Waals surface area contributed by atoms with E-state index >= 15 is 0 Å². The van der Waals surface area contributed by atoms with E-state index in [-0.39, 0.29) is 5.41 Å². The summed E-state index contributed by atoms with van der Waals surface area (Å²) < 4.78 is 6.48. The Morgan fingerprint density at radius 2 is 1.86 bits per heavy atom. The van der Waals surface area contributed by atoms with Crippen LogP contribution < -0.4 is 4.74 Å². The first-order valence-corrected chi connectivity index (χ1v) is 7.95. The lowest BCUT2D eigenvalue weighted by atomic mass is 9.85. The number of rotatable bonds is 4. The SMILES string of the molecule is COc1cc(C)c(Br)cc1C(O)C1(c2ccccc2)CC1. The highest BCUT2D eigenvalue weighted by Gasteiger charge is 2.51. The molecule has 3 rings (SSSR count). The number of aliphatic hydroxyl groups excluding tert-OH is 1. The Labute approximate surface area is 133 Å². The Morgan fingerprint density at radius 1 is 1.19 bits per heavy atom. The van der Waals surface area contributed by atoms with Gasteiger partial charge in [0.15, 0.2) is 0 Å². The van der Waals surface area contributed by atoms with Crippen molar-refractivity contribution in [1.82, 2.24) is 0 Å². The lowest BCUT2D eigenvalue weighted by molar-refractivity contribution is 0.129. The maximum absolute atomic E-state index is 11.0. The number of methoxy groups -OCH3 is 1. The number of benzene rings is 2. The molecule has 0 amide bonds. The lowest BCUT2D eigenvalue weighted by Gasteiger charge is -2.25. The van der Waals surface area contributed by atoms with Crippen molar-refractivity contribution in [1.29, 1.82) is 0 Å². The molecule has 0 saturated heterocycles. The van der Waals surface area contributed by atoms with Gasteiger partial charge >= 0.3 is 0 Å². The third-order valence-corrected chi connectivity index (χ3v) is 5.32. The normalized spacial score (nSPS) is 17.3. The van der Waals surface area contributed by atoms with Gasteiger partial charge in [-0.15, -0.1) is 0 Å². The van der Waals surface area contributed by atoms with Crippen LogP contribution in [0.25, 0.3) is 0 Å². The van der Waals surface area contributed by atoms with Gasteiger partial charge in [0.1, 0.15) is 5.75 Å². The smallest absolute Gasteiger partial charge is 0.125 e. The summed E-state index contributed by atoms with van der Waals surface area (Å²) in [6, 6.07) is 14.2. The van der Waals surface area contributed by atoms with Crippen molar-refractivity contribution in [3.05, 3.63) is 63.6 Å². The number of aliphatic hydroxyl groups is 1. The maximum atomic E-state index is 11.0. The van der Waals surface area contributed by atoms with E-state index in [2.05, 4.69) is 28.1 Å². The molecule has 0 aromatic heterocycles. The van der Waals surface area contributed by atoms with E-state index in [1.165, 1.54) is 5.56 Å². The second-order valence-electron chi connectivity index (χ2n) is 5.77. The summed E-state index contributed by atoms with van der Waals surface area (Å²) in [4.78, 5) is 0. The van der Waals surface area contributed by atoms with Crippen LogP contribution in [0.2, 0.25) is 0 Å². The third-order valence-electron chi connectivity index (χ3n) is 4.47. The van der Waals surface area contributed by atoms with E-state index in [0.29, 0.717) is 0 Å². The van der Waals surface area contributed by atoms with Crippen LogP contribution in [0.1, 0.15) is 35.6 Å². The number of ether oxygens (including phenoxy) is 1. The van der Waals surface area contributed by atoms with Crippen molar-refractivity contribution in [2.45, 2.75) is 31.3 Å². The zero-order chi connectivity index (χ0) is 15.0. The fraction of sp³-hybridized carbons (Fsp3) is 0.333. The second kappa shape index (κ2) is 5.47. The first kappa shape index (κ1) is 14.6. The average Bonchev–Trinajstić information content (AvgIpc) is 3.31. The molecule has 1 aliphatic carbocycles. The van der Waals surface area contributed by atoms with Crippen molar-refractivity contribution < 1.29 is 9.84 Å². The number of aryl methyl sites for hydroxylation is 1. The van der Waals surface area contributed by atoms with Gasteiger partial charge in [0.2, 0.25) is 0 Å².